The molecule has 0 saturated carbocycles. The molecule has 0 aromatic heterocycles. The molecule has 0 radical (unpaired) electrons. The number of rotatable bonds is 2. The van der Waals surface area contributed by atoms with Gasteiger partial charge in [0.05, 0.1) is 11.8 Å². The standard InChI is InChI=1S/C19H14Cl2F3NO2/c20-13-6-12(7-14(21)8-13)18(19(22,23)24)9-16(25-27-18)11-1-3-15-10(5-11)2-4-17(15)26/h1,3,5-9,17,25-26H,2,4H2. The molecule has 0 fully saturated rings. The first-order valence-corrected chi connectivity index (χ1v) is 8.97. The van der Waals surface area contributed by atoms with E-state index in [9.17, 15) is 18.3 Å². The van der Waals surface area contributed by atoms with Crippen LogP contribution < -0.4 is 5.48 Å². The zero-order valence-electron chi connectivity index (χ0n) is 13.8. The van der Waals surface area contributed by atoms with Gasteiger partial charge in [-0.1, -0.05) is 35.3 Å². The molecule has 3 nitrogen and oxygen atoms in total. The zero-order valence-corrected chi connectivity index (χ0v) is 15.3. The smallest absolute Gasteiger partial charge is 0.388 e. The predicted octanol–water partition coefficient (Wildman–Crippen LogP) is 5.31. The summed E-state index contributed by atoms with van der Waals surface area (Å²) in [5, 5.41) is 10.1. The second-order valence-electron chi connectivity index (χ2n) is 6.62. The number of hydroxylamine groups is 1. The molecule has 0 bridgehead atoms. The van der Waals surface area contributed by atoms with Crippen LogP contribution in [0, 0.1) is 0 Å². The molecule has 1 heterocycles. The van der Waals surface area contributed by atoms with Crippen molar-refractivity contribution >= 4 is 28.9 Å². The van der Waals surface area contributed by atoms with E-state index < -0.39 is 17.9 Å². The highest BCUT2D eigenvalue weighted by Gasteiger charge is 2.59. The summed E-state index contributed by atoms with van der Waals surface area (Å²) in [6.07, 6.45) is -3.01. The van der Waals surface area contributed by atoms with Gasteiger partial charge in [-0.2, -0.15) is 13.2 Å². The summed E-state index contributed by atoms with van der Waals surface area (Å²) >= 11 is 11.8. The maximum absolute atomic E-state index is 14.0. The Labute approximate surface area is 163 Å². The lowest BCUT2D eigenvalue weighted by atomic mass is 9.91. The monoisotopic (exact) mass is 415 g/mol. The van der Waals surface area contributed by atoms with E-state index in [1.54, 1.807) is 18.2 Å². The van der Waals surface area contributed by atoms with Crippen LogP contribution in [0.2, 0.25) is 10.0 Å². The van der Waals surface area contributed by atoms with Gasteiger partial charge in [-0.15, -0.1) is 0 Å². The normalized spacial score (nSPS) is 24.5. The minimum atomic E-state index is -4.75. The number of aryl methyl sites for hydroxylation is 1. The van der Waals surface area contributed by atoms with Crippen molar-refractivity contribution in [2.45, 2.75) is 30.7 Å². The molecule has 0 saturated heterocycles. The van der Waals surface area contributed by atoms with E-state index >= 15 is 0 Å². The summed E-state index contributed by atoms with van der Waals surface area (Å²) in [4.78, 5) is 5.07. The molecule has 2 aliphatic rings. The molecule has 27 heavy (non-hydrogen) atoms. The van der Waals surface area contributed by atoms with Crippen LogP contribution in [0.3, 0.4) is 0 Å². The maximum atomic E-state index is 14.0. The van der Waals surface area contributed by atoms with Crippen molar-refractivity contribution in [3.8, 4) is 0 Å². The quantitative estimate of drug-likeness (QED) is 0.698. The van der Waals surface area contributed by atoms with Gasteiger partial charge < -0.3 is 5.11 Å². The van der Waals surface area contributed by atoms with Gasteiger partial charge in [0.15, 0.2) is 0 Å². The second kappa shape index (κ2) is 6.41. The van der Waals surface area contributed by atoms with Crippen LogP contribution in [-0.2, 0) is 16.9 Å². The molecule has 2 atom stereocenters. The fourth-order valence-electron chi connectivity index (χ4n) is 3.52. The van der Waals surface area contributed by atoms with E-state index in [2.05, 4.69) is 5.48 Å². The van der Waals surface area contributed by atoms with Crippen LogP contribution in [0.5, 0.6) is 0 Å². The topological polar surface area (TPSA) is 41.5 Å². The number of hydrogen-bond acceptors (Lipinski definition) is 3. The van der Waals surface area contributed by atoms with E-state index in [-0.39, 0.29) is 21.3 Å². The summed E-state index contributed by atoms with van der Waals surface area (Å²) in [7, 11) is 0. The largest absolute Gasteiger partial charge is 0.428 e. The van der Waals surface area contributed by atoms with Gasteiger partial charge in [0.1, 0.15) is 0 Å². The second-order valence-corrected chi connectivity index (χ2v) is 7.49. The molecule has 1 aliphatic heterocycles. The van der Waals surface area contributed by atoms with Crippen molar-refractivity contribution in [2.24, 2.45) is 0 Å². The minimum absolute atomic E-state index is 0.0816. The Balaban J connectivity index is 1.81. The molecule has 2 aromatic carbocycles. The number of halogens is 5. The number of hydrogen-bond donors (Lipinski definition) is 2. The molecule has 0 spiro atoms. The van der Waals surface area contributed by atoms with Crippen molar-refractivity contribution in [1.29, 1.82) is 0 Å². The SMILES string of the molecule is OC1CCc2cc(C3=CC(c4cc(Cl)cc(Cl)c4)(C(F)(F)F)ON3)ccc21. The highest BCUT2D eigenvalue weighted by Crippen LogP contribution is 2.48. The van der Waals surface area contributed by atoms with Crippen LogP contribution in [0.1, 0.15) is 34.8 Å². The van der Waals surface area contributed by atoms with Crippen LogP contribution in [0.15, 0.2) is 42.5 Å². The van der Waals surface area contributed by atoms with Gasteiger partial charge >= 0.3 is 6.18 Å². The molecule has 2 aromatic rings. The Kier molecular flexibility index (Phi) is 4.42. The number of aliphatic hydroxyl groups is 1. The highest BCUT2D eigenvalue weighted by atomic mass is 35.5. The molecule has 0 amide bonds. The first kappa shape index (κ1) is 18.6. The summed E-state index contributed by atoms with van der Waals surface area (Å²) in [6.45, 7) is 0. The fraction of sp³-hybridized carbons (Fsp3) is 0.263. The third kappa shape index (κ3) is 3.10. The van der Waals surface area contributed by atoms with E-state index in [1.807, 2.05) is 0 Å². The third-order valence-electron chi connectivity index (χ3n) is 4.88. The third-order valence-corrected chi connectivity index (χ3v) is 5.32. The molecule has 2 unspecified atom stereocenters. The van der Waals surface area contributed by atoms with Crippen LogP contribution >= 0.6 is 23.2 Å². The Morgan fingerprint density at radius 1 is 1.11 bits per heavy atom. The lowest BCUT2D eigenvalue weighted by molar-refractivity contribution is -0.269. The number of nitrogens with one attached hydrogen (secondary N) is 1. The summed E-state index contributed by atoms with van der Waals surface area (Å²) in [6, 6.07) is 8.88. The van der Waals surface area contributed by atoms with Crippen LogP contribution in [-0.4, -0.2) is 11.3 Å². The van der Waals surface area contributed by atoms with E-state index in [1.165, 1.54) is 18.2 Å². The van der Waals surface area contributed by atoms with Gasteiger partial charge in [0.2, 0.25) is 5.60 Å². The number of fused-ring (bicyclic) bond motifs is 1. The molecule has 1 aliphatic carbocycles. The number of benzene rings is 2. The molecular formula is C19H14Cl2F3NO2. The van der Waals surface area contributed by atoms with Crippen LogP contribution in [0.4, 0.5) is 13.2 Å². The average Bonchev–Trinajstić information content (AvgIpc) is 3.19. The molecule has 2 N–H and O–H groups in total. The molecule has 142 valence electrons. The first-order valence-electron chi connectivity index (χ1n) is 8.21. The van der Waals surface area contributed by atoms with Crippen molar-refractivity contribution in [3.05, 3.63) is 74.8 Å². The van der Waals surface area contributed by atoms with Crippen molar-refractivity contribution < 1.29 is 23.1 Å². The average molecular weight is 416 g/mol. The maximum Gasteiger partial charge on any atom is 0.428 e. The lowest BCUT2D eigenvalue weighted by Crippen LogP contribution is -2.42. The summed E-state index contributed by atoms with van der Waals surface area (Å²) in [5.74, 6) is 0. The predicted molar refractivity (Wildman–Crippen MR) is 96.1 cm³/mol. The van der Waals surface area contributed by atoms with Crippen molar-refractivity contribution in [3.63, 3.8) is 0 Å². The van der Waals surface area contributed by atoms with Gasteiger partial charge in [-0.05, 0) is 59.9 Å². The molecular weight excluding hydrogens is 402 g/mol. The highest BCUT2D eigenvalue weighted by molar-refractivity contribution is 6.34. The van der Waals surface area contributed by atoms with Gasteiger partial charge in [-0.25, -0.2) is 0 Å². The van der Waals surface area contributed by atoms with Gasteiger partial charge in [0.25, 0.3) is 0 Å². The van der Waals surface area contributed by atoms with Gasteiger partial charge in [-0.3, -0.25) is 10.3 Å². The number of alkyl halides is 3. The van der Waals surface area contributed by atoms with Gasteiger partial charge in [0, 0.05) is 15.6 Å². The zero-order chi connectivity index (χ0) is 19.4. The summed E-state index contributed by atoms with van der Waals surface area (Å²) < 4.78 is 42.0. The van der Waals surface area contributed by atoms with E-state index in [4.69, 9.17) is 28.0 Å². The first-order chi connectivity index (χ1) is 12.7. The minimum Gasteiger partial charge on any atom is -0.388 e. The fourth-order valence-corrected chi connectivity index (χ4v) is 4.04. The van der Waals surface area contributed by atoms with E-state index in [0.29, 0.717) is 18.4 Å². The number of aliphatic hydroxyl groups excluding tert-OH is 1. The Bertz CT molecular complexity index is 925. The molecule has 4 rings (SSSR count). The van der Waals surface area contributed by atoms with E-state index in [0.717, 1.165) is 17.2 Å². The van der Waals surface area contributed by atoms with Crippen LogP contribution in [0.25, 0.3) is 5.70 Å². The van der Waals surface area contributed by atoms with Crippen molar-refractivity contribution in [1.82, 2.24) is 5.48 Å². The lowest BCUT2D eigenvalue weighted by Gasteiger charge is -2.28. The molecule has 8 heteroatoms. The Morgan fingerprint density at radius 3 is 2.48 bits per heavy atom. The van der Waals surface area contributed by atoms with Crippen molar-refractivity contribution in [2.75, 3.05) is 0 Å². The Hall–Kier alpha value is -1.73. The summed E-state index contributed by atoms with van der Waals surface area (Å²) in [5.41, 5.74) is 1.93. The Morgan fingerprint density at radius 2 is 1.81 bits per heavy atom.